The number of hydrogen-bond donors (Lipinski definition) is 1. The standard InChI is InChI=1S/C11H17N3O2/c1-4-11(2,7-12)10(16)13-8-5-6-14(3)9(8)15/h8H,4-6H2,1-3H3,(H,13,16). The van der Waals surface area contributed by atoms with Gasteiger partial charge >= 0.3 is 0 Å². The van der Waals surface area contributed by atoms with E-state index in [1.165, 1.54) is 0 Å². The van der Waals surface area contributed by atoms with E-state index in [9.17, 15) is 9.59 Å². The fraction of sp³-hybridized carbons (Fsp3) is 0.727. The third-order valence-electron chi connectivity index (χ3n) is 3.19. The maximum atomic E-state index is 11.8. The Bertz CT molecular complexity index is 348. The van der Waals surface area contributed by atoms with Crippen molar-refractivity contribution in [3.8, 4) is 6.07 Å². The second-order valence-corrected chi connectivity index (χ2v) is 4.37. The van der Waals surface area contributed by atoms with Crippen molar-refractivity contribution in [1.29, 1.82) is 5.26 Å². The molecule has 1 aliphatic rings. The van der Waals surface area contributed by atoms with Crippen LogP contribution >= 0.6 is 0 Å². The van der Waals surface area contributed by atoms with Crippen molar-refractivity contribution < 1.29 is 9.59 Å². The van der Waals surface area contributed by atoms with Crippen molar-refractivity contribution in [2.45, 2.75) is 32.7 Å². The molecular formula is C11H17N3O2. The maximum Gasteiger partial charge on any atom is 0.244 e. The van der Waals surface area contributed by atoms with Crippen molar-refractivity contribution >= 4 is 11.8 Å². The summed E-state index contributed by atoms with van der Waals surface area (Å²) >= 11 is 0. The largest absolute Gasteiger partial charge is 0.344 e. The number of carbonyl (C=O) groups excluding carboxylic acids is 2. The molecule has 0 aromatic carbocycles. The van der Waals surface area contributed by atoms with Crippen molar-refractivity contribution in [1.82, 2.24) is 10.2 Å². The summed E-state index contributed by atoms with van der Waals surface area (Å²) in [5.74, 6) is -0.434. The van der Waals surface area contributed by atoms with Crippen LogP contribution < -0.4 is 5.32 Å². The number of likely N-dealkylation sites (tertiary alicyclic amines) is 1. The van der Waals surface area contributed by atoms with E-state index in [1.807, 2.05) is 6.07 Å². The minimum Gasteiger partial charge on any atom is -0.344 e. The molecule has 0 aromatic heterocycles. The molecule has 88 valence electrons. The summed E-state index contributed by atoms with van der Waals surface area (Å²) in [5.41, 5.74) is -1.04. The van der Waals surface area contributed by atoms with Crippen LogP contribution in [0.15, 0.2) is 0 Å². The molecule has 0 aromatic rings. The number of amides is 2. The predicted molar refractivity (Wildman–Crippen MR) is 58.2 cm³/mol. The average molecular weight is 223 g/mol. The third kappa shape index (κ3) is 2.16. The van der Waals surface area contributed by atoms with Crippen LogP contribution in [0.2, 0.25) is 0 Å². The van der Waals surface area contributed by atoms with E-state index in [2.05, 4.69) is 5.32 Å². The van der Waals surface area contributed by atoms with Crippen molar-refractivity contribution in [2.75, 3.05) is 13.6 Å². The molecule has 0 saturated carbocycles. The fourth-order valence-corrected chi connectivity index (χ4v) is 1.56. The Morgan fingerprint density at radius 1 is 1.75 bits per heavy atom. The van der Waals surface area contributed by atoms with Gasteiger partial charge in [0.05, 0.1) is 6.07 Å². The lowest BCUT2D eigenvalue weighted by molar-refractivity contribution is -0.134. The number of nitrogens with zero attached hydrogens (tertiary/aromatic N) is 2. The molecule has 1 rings (SSSR count). The SMILES string of the molecule is CCC(C)(C#N)C(=O)NC1CCN(C)C1=O. The van der Waals surface area contributed by atoms with Gasteiger partial charge in [0.1, 0.15) is 11.5 Å². The van der Waals surface area contributed by atoms with Crippen LogP contribution in [0.3, 0.4) is 0 Å². The van der Waals surface area contributed by atoms with Gasteiger partial charge in [-0.25, -0.2) is 0 Å². The van der Waals surface area contributed by atoms with Gasteiger partial charge in [-0.1, -0.05) is 6.92 Å². The van der Waals surface area contributed by atoms with Gasteiger partial charge in [0.25, 0.3) is 0 Å². The van der Waals surface area contributed by atoms with Gasteiger partial charge in [0.15, 0.2) is 0 Å². The molecule has 1 heterocycles. The lowest BCUT2D eigenvalue weighted by Crippen LogP contribution is -2.46. The molecule has 2 unspecified atom stereocenters. The van der Waals surface area contributed by atoms with Crippen LogP contribution in [0.5, 0.6) is 0 Å². The highest BCUT2D eigenvalue weighted by molar-refractivity contribution is 5.92. The minimum atomic E-state index is -1.04. The molecule has 0 bridgehead atoms. The molecule has 0 spiro atoms. The second-order valence-electron chi connectivity index (χ2n) is 4.37. The lowest BCUT2D eigenvalue weighted by atomic mass is 9.88. The first kappa shape index (κ1) is 12.5. The van der Waals surface area contributed by atoms with Crippen LogP contribution in [0, 0.1) is 16.7 Å². The van der Waals surface area contributed by atoms with Gasteiger partial charge in [-0.2, -0.15) is 5.26 Å². The Morgan fingerprint density at radius 3 is 2.75 bits per heavy atom. The molecular weight excluding hydrogens is 206 g/mol. The Balaban J connectivity index is 2.66. The summed E-state index contributed by atoms with van der Waals surface area (Å²) < 4.78 is 0. The van der Waals surface area contributed by atoms with E-state index in [0.29, 0.717) is 19.4 Å². The summed E-state index contributed by atoms with van der Waals surface area (Å²) in [6.45, 7) is 4.02. The Kier molecular flexibility index (Phi) is 3.53. The van der Waals surface area contributed by atoms with Gasteiger partial charge in [0, 0.05) is 13.6 Å². The number of nitrogens with one attached hydrogen (secondary N) is 1. The molecule has 0 radical (unpaired) electrons. The van der Waals surface area contributed by atoms with Crippen molar-refractivity contribution in [3.05, 3.63) is 0 Å². The number of rotatable bonds is 3. The summed E-state index contributed by atoms with van der Waals surface area (Å²) in [7, 11) is 1.71. The van der Waals surface area contributed by atoms with Gasteiger partial charge in [-0.15, -0.1) is 0 Å². The maximum absolute atomic E-state index is 11.8. The Morgan fingerprint density at radius 2 is 2.38 bits per heavy atom. The summed E-state index contributed by atoms with van der Waals surface area (Å²) in [4.78, 5) is 25.0. The van der Waals surface area contributed by atoms with E-state index in [-0.39, 0.29) is 11.8 Å². The molecule has 0 aliphatic carbocycles. The van der Waals surface area contributed by atoms with E-state index in [1.54, 1.807) is 25.8 Å². The highest BCUT2D eigenvalue weighted by atomic mass is 16.2. The van der Waals surface area contributed by atoms with Crippen LogP contribution in [0.4, 0.5) is 0 Å². The van der Waals surface area contributed by atoms with Crippen LogP contribution in [0.25, 0.3) is 0 Å². The summed E-state index contributed by atoms with van der Waals surface area (Å²) in [5, 5.41) is 11.6. The van der Waals surface area contributed by atoms with Gasteiger partial charge in [-0.3, -0.25) is 9.59 Å². The molecule has 1 aliphatic heterocycles. The predicted octanol–water partition coefficient (Wildman–Crippen LogP) is 0.273. The van der Waals surface area contributed by atoms with Crippen LogP contribution in [0.1, 0.15) is 26.7 Å². The number of likely N-dealkylation sites (N-methyl/N-ethyl adjacent to an activating group) is 1. The molecule has 1 fully saturated rings. The first-order valence-corrected chi connectivity index (χ1v) is 5.42. The summed E-state index contributed by atoms with van der Waals surface area (Å²) in [6.07, 6.45) is 1.05. The highest BCUT2D eigenvalue weighted by Crippen LogP contribution is 2.21. The number of hydrogen-bond acceptors (Lipinski definition) is 3. The topological polar surface area (TPSA) is 73.2 Å². The number of carbonyl (C=O) groups is 2. The van der Waals surface area contributed by atoms with Crippen LogP contribution in [-0.2, 0) is 9.59 Å². The molecule has 16 heavy (non-hydrogen) atoms. The van der Waals surface area contributed by atoms with E-state index in [4.69, 9.17) is 5.26 Å². The minimum absolute atomic E-state index is 0.0789. The number of nitriles is 1. The molecule has 1 N–H and O–H groups in total. The zero-order chi connectivity index (χ0) is 12.3. The fourth-order valence-electron chi connectivity index (χ4n) is 1.56. The Hall–Kier alpha value is -1.57. The average Bonchev–Trinajstić information content (AvgIpc) is 2.59. The van der Waals surface area contributed by atoms with Gasteiger partial charge in [0.2, 0.25) is 11.8 Å². The molecule has 2 atom stereocenters. The van der Waals surface area contributed by atoms with E-state index in [0.717, 1.165) is 0 Å². The van der Waals surface area contributed by atoms with Crippen molar-refractivity contribution in [3.63, 3.8) is 0 Å². The lowest BCUT2D eigenvalue weighted by Gasteiger charge is -2.21. The second kappa shape index (κ2) is 4.52. The first-order valence-electron chi connectivity index (χ1n) is 5.42. The van der Waals surface area contributed by atoms with E-state index >= 15 is 0 Å². The monoisotopic (exact) mass is 223 g/mol. The zero-order valence-corrected chi connectivity index (χ0v) is 9.91. The molecule has 2 amide bonds. The Labute approximate surface area is 95.4 Å². The smallest absolute Gasteiger partial charge is 0.244 e. The third-order valence-corrected chi connectivity index (χ3v) is 3.19. The molecule has 1 saturated heterocycles. The highest BCUT2D eigenvalue weighted by Gasteiger charge is 2.36. The quantitative estimate of drug-likeness (QED) is 0.746. The zero-order valence-electron chi connectivity index (χ0n) is 9.91. The van der Waals surface area contributed by atoms with Crippen molar-refractivity contribution in [2.24, 2.45) is 5.41 Å². The summed E-state index contributed by atoms with van der Waals surface area (Å²) in [6, 6.07) is 1.53. The van der Waals surface area contributed by atoms with Crippen LogP contribution in [-0.4, -0.2) is 36.3 Å². The molecule has 5 nitrogen and oxygen atoms in total. The molecule has 5 heteroatoms. The van der Waals surface area contributed by atoms with Gasteiger partial charge < -0.3 is 10.2 Å². The normalized spacial score (nSPS) is 23.8. The van der Waals surface area contributed by atoms with E-state index < -0.39 is 11.5 Å². The van der Waals surface area contributed by atoms with Gasteiger partial charge in [-0.05, 0) is 19.8 Å². The first-order chi connectivity index (χ1) is 7.44.